The Bertz CT molecular complexity index is 560. The summed E-state index contributed by atoms with van der Waals surface area (Å²) in [5, 5.41) is 23.7. The monoisotopic (exact) mass is 402 g/mol. The van der Waals surface area contributed by atoms with E-state index in [0.717, 1.165) is 0 Å². The zero-order valence-electron chi connectivity index (χ0n) is 17.7. The number of aliphatic carboxylic acids is 1. The van der Waals surface area contributed by atoms with Crippen molar-refractivity contribution in [3.63, 3.8) is 0 Å². The van der Waals surface area contributed by atoms with Crippen LogP contribution >= 0.6 is 0 Å². The van der Waals surface area contributed by atoms with Crippen LogP contribution in [-0.2, 0) is 23.9 Å². The summed E-state index contributed by atoms with van der Waals surface area (Å²) in [4.78, 5) is 47.9. The van der Waals surface area contributed by atoms with Gasteiger partial charge in [0.15, 0.2) is 6.10 Å². The van der Waals surface area contributed by atoms with Crippen LogP contribution < -0.4 is 10.6 Å². The average Bonchev–Trinajstić information content (AvgIpc) is 2.55. The Hall–Kier alpha value is -2.16. The molecule has 0 aromatic heterocycles. The number of aliphatic hydroxyl groups excluding tert-OH is 1. The second-order valence-corrected chi connectivity index (χ2v) is 8.05. The number of esters is 1. The zero-order valence-corrected chi connectivity index (χ0v) is 17.7. The predicted molar refractivity (Wildman–Crippen MR) is 102 cm³/mol. The van der Waals surface area contributed by atoms with E-state index in [9.17, 15) is 29.4 Å². The number of aliphatic hydroxyl groups is 1. The number of carboxylic acids is 1. The molecule has 0 fully saturated rings. The average molecular weight is 402 g/mol. The van der Waals surface area contributed by atoms with Crippen LogP contribution in [0.3, 0.4) is 0 Å². The van der Waals surface area contributed by atoms with E-state index in [1.54, 1.807) is 27.7 Å². The van der Waals surface area contributed by atoms with Gasteiger partial charge in [0, 0.05) is 0 Å². The van der Waals surface area contributed by atoms with Crippen LogP contribution in [0.2, 0.25) is 0 Å². The van der Waals surface area contributed by atoms with Crippen molar-refractivity contribution in [1.82, 2.24) is 10.6 Å². The van der Waals surface area contributed by atoms with Crippen molar-refractivity contribution in [2.24, 2.45) is 17.8 Å². The van der Waals surface area contributed by atoms with Crippen molar-refractivity contribution >= 4 is 23.8 Å². The molecule has 0 aliphatic rings. The summed E-state index contributed by atoms with van der Waals surface area (Å²) >= 11 is 0. The number of carbonyl (C=O) groups is 4. The lowest BCUT2D eigenvalue weighted by atomic mass is 10.0. The number of nitrogens with one attached hydrogen (secondary N) is 2. The summed E-state index contributed by atoms with van der Waals surface area (Å²) in [5.74, 6) is -4.13. The molecule has 0 radical (unpaired) electrons. The van der Waals surface area contributed by atoms with Gasteiger partial charge < -0.3 is 25.6 Å². The lowest BCUT2D eigenvalue weighted by Crippen LogP contribution is -2.52. The van der Waals surface area contributed by atoms with E-state index in [1.165, 1.54) is 6.92 Å². The molecule has 0 aliphatic carbocycles. The van der Waals surface area contributed by atoms with Crippen LogP contribution in [0.1, 0.15) is 54.9 Å². The van der Waals surface area contributed by atoms with Gasteiger partial charge in [-0.25, -0.2) is 9.59 Å². The lowest BCUT2D eigenvalue weighted by Gasteiger charge is -2.26. The van der Waals surface area contributed by atoms with Gasteiger partial charge >= 0.3 is 11.9 Å². The normalized spacial score (nSPS) is 15.7. The van der Waals surface area contributed by atoms with Gasteiger partial charge in [0.2, 0.25) is 5.91 Å². The van der Waals surface area contributed by atoms with Crippen LogP contribution in [0.5, 0.6) is 0 Å². The Labute approximate surface area is 166 Å². The molecule has 0 aromatic rings. The van der Waals surface area contributed by atoms with Gasteiger partial charge in [-0.2, -0.15) is 0 Å². The van der Waals surface area contributed by atoms with E-state index >= 15 is 0 Å². The largest absolute Gasteiger partial charge is 0.480 e. The predicted octanol–water partition coefficient (Wildman–Crippen LogP) is 0.691. The fraction of sp³-hybridized carbons (Fsp3) is 0.789. The minimum Gasteiger partial charge on any atom is -0.480 e. The molecule has 28 heavy (non-hydrogen) atoms. The van der Waals surface area contributed by atoms with Gasteiger partial charge in [-0.3, -0.25) is 9.59 Å². The first-order valence-electron chi connectivity index (χ1n) is 9.49. The number of amides is 2. The molecule has 4 N–H and O–H groups in total. The molecule has 0 aliphatic heterocycles. The van der Waals surface area contributed by atoms with Crippen molar-refractivity contribution in [2.45, 2.75) is 79.2 Å². The number of hydrogen-bond donors (Lipinski definition) is 4. The molecule has 0 bridgehead atoms. The van der Waals surface area contributed by atoms with E-state index in [0.29, 0.717) is 0 Å². The fourth-order valence-corrected chi connectivity index (χ4v) is 2.39. The Morgan fingerprint density at radius 2 is 1.39 bits per heavy atom. The molecular weight excluding hydrogens is 368 g/mol. The Morgan fingerprint density at radius 1 is 0.857 bits per heavy atom. The molecule has 0 saturated carbocycles. The highest BCUT2D eigenvalue weighted by Crippen LogP contribution is 2.11. The molecule has 9 nitrogen and oxygen atoms in total. The third-order valence-corrected chi connectivity index (χ3v) is 4.05. The van der Waals surface area contributed by atoms with Gasteiger partial charge in [0.05, 0.1) is 0 Å². The van der Waals surface area contributed by atoms with Crippen molar-refractivity contribution in [3.05, 3.63) is 0 Å². The molecule has 0 unspecified atom stereocenters. The minimum atomic E-state index is -1.25. The lowest BCUT2D eigenvalue weighted by molar-refractivity contribution is -0.162. The van der Waals surface area contributed by atoms with Crippen molar-refractivity contribution in [2.75, 3.05) is 0 Å². The standard InChI is InChI=1S/C19H34N2O7/c1-9(2)8-13(22)16(23)20-12(7)19(27)28-15(11(5)6)17(24)21-14(10(3)4)18(25)26/h9-15,22H,8H2,1-7H3,(H,20,23)(H,21,24)(H,25,26)/t12-,13-,14+,15+/m1/s1. The summed E-state index contributed by atoms with van der Waals surface area (Å²) < 4.78 is 5.22. The van der Waals surface area contributed by atoms with Crippen LogP contribution in [0.4, 0.5) is 0 Å². The minimum absolute atomic E-state index is 0.0974. The summed E-state index contributed by atoms with van der Waals surface area (Å²) in [6.45, 7) is 11.7. The number of carboxylic acid groups (broad SMARTS) is 1. The third kappa shape index (κ3) is 8.69. The molecule has 2 amide bonds. The van der Waals surface area contributed by atoms with Gasteiger partial charge in [0.1, 0.15) is 18.2 Å². The second kappa shape index (κ2) is 11.6. The van der Waals surface area contributed by atoms with Gasteiger partial charge in [0.25, 0.3) is 5.91 Å². The molecule has 0 rings (SSSR count). The molecule has 9 heteroatoms. The summed E-state index contributed by atoms with van der Waals surface area (Å²) in [6.07, 6.45) is -2.22. The van der Waals surface area contributed by atoms with Gasteiger partial charge in [-0.15, -0.1) is 0 Å². The van der Waals surface area contributed by atoms with Gasteiger partial charge in [-0.05, 0) is 31.1 Å². The van der Waals surface area contributed by atoms with Crippen LogP contribution in [0, 0.1) is 17.8 Å². The first-order valence-corrected chi connectivity index (χ1v) is 9.49. The van der Waals surface area contributed by atoms with E-state index in [4.69, 9.17) is 4.74 Å². The van der Waals surface area contributed by atoms with Crippen LogP contribution in [0.15, 0.2) is 0 Å². The third-order valence-electron chi connectivity index (χ3n) is 4.05. The zero-order chi connectivity index (χ0) is 22.2. The van der Waals surface area contributed by atoms with E-state index in [-0.39, 0.29) is 18.3 Å². The van der Waals surface area contributed by atoms with Crippen LogP contribution in [-0.4, -0.2) is 58.3 Å². The number of ether oxygens (including phenoxy) is 1. The SMILES string of the molecule is CC(C)C[C@@H](O)C(=O)N[C@H](C)C(=O)O[C@H](C(=O)N[C@H](C(=O)O)C(C)C)C(C)C. The molecule has 4 atom stereocenters. The summed E-state index contributed by atoms with van der Waals surface area (Å²) in [5.41, 5.74) is 0. The number of hydrogen-bond acceptors (Lipinski definition) is 6. The smallest absolute Gasteiger partial charge is 0.329 e. The van der Waals surface area contributed by atoms with Crippen molar-refractivity contribution < 1.29 is 34.1 Å². The van der Waals surface area contributed by atoms with Gasteiger partial charge in [-0.1, -0.05) is 41.5 Å². The highest BCUT2D eigenvalue weighted by molar-refractivity contribution is 5.90. The molecular formula is C19H34N2O7. The van der Waals surface area contributed by atoms with E-state index < -0.39 is 54.0 Å². The summed E-state index contributed by atoms with van der Waals surface area (Å²) in [6, 6.07) is -2.19. The van der Waals surface area contributed by atoms with Crippen molar-refractivity contribution in [3.8, 4) is 0 Å². The van der Waals surface area contributed by atoms with E-state index in [2.05, 4.69) is 10.6 Å². The quantitative estimate of drug-likeness (QED) is 0.372. The summed E-state index contributed by atoms with van der Waals surface area (Å²) in [7, 11) is 0. The second-order valence-electron chi connectivity index (χ2n) is 8.05. The highest BCUT2D eigenvalue weighted by Gasteiger charge is 2.33. The van der Waals surface area contributed by atoms with Crippen molar-refractivity contribution in [1.29, 1.82) is 0 Å². The number of rotatable bonds is 11. The Morgan fingerprint density at radius 3 is 1.79 bits per heavy atom. The maximum Gasteiger partial charge on any atom is 0.329 e. The van der Waals surface area contributed by atoms with Crippen LogP contribution in [0.25, 0.3) is 0 Å². The topological polar surface area (TPSA) is 142 Å². The molecule has 162 valence electrons. The molecule has 0 heterocycles. The van der Waals surface area contributed by atoms with E-state index in [1.807, 2.05) is 13.8 Å². The fourth-order valence-electron chi connectivity index (χ4n) is 2.39. The Kier molecular flexibility index (Phi) is 10.7. The Balaban J connectivity index is 4.99. The maximum absolute atomic E-state index is 12.4. The first-order chi connectivity index (χ1) is 12.8. The maximum atomic E-state index is 12.4. The number of carbonyl (C=O) groups excluding carboxylic acids is 3. The molecule has 0 saturated heterocycles. The first kappa shape index (κ1) is 25.8. The molecule has 0 aromatic carbocycles. The molecule has 0 spiro atoms. The highest BCUT2D eigenvalue weighted by atomic mass is 16.5.